The number of ether oxygens (including phenoxy) is 2. The standard InChI is InChI=1S/C23H23N3O7/c1-4-24-23(31)25-19(27)13(3)33-22(30)14-6-11-17-18(12-14)21(29)26(20(17)28)15-7-9-16(10-8-15)32-5-2/h6-13H,4-5H2,1-3H3,(H2,24,25,27,31). The van der Waals surface area contributed by atoms with Gasteiger partial charge in [0.05, 0.1) is 29.0 Å². The number of hydrogen-bond acceptors (Lipinski definition) is 7. The van der Waals surface area contributed by atoms with Crippen LogP contribution in [-0.2, 0) is 9.53 Å². The molecule has 10 nitrogen and oxygen atoms in total. The number of nitrogens with one attached hydrogen (secondary N) is 2. The lowest BCUT2D eigenvalue weighted by Gasteiger charge is -2.14. The van der Waals surface area contributed by atoms with Gasteiger partial charge in [-0.1, -0.05) is 0 Å². The highest BCUT2D eigenvalue weighted by Crippen LogP contribution is 2.30. The number of fused-ring (bicyclic) bond motifs is 1. The number of rotatable bonds is 7. The highest BCUT2D eigenvalue weighted by molar-refractivity contribution is 6.34. The molecule has 0 fully saturated rings. The number of nitrogens with zero attached hydrogens (tertiary/aromatic N) is 1. The van der Waals surface area contributed by atoms with Gasteiger partial charge in [0.2, 0.25) is 0 Å². The molecule has 1 atom stereocenters. The van der Waals surface area contributed by atoms with Crippen LogP contribution in [0.2, 0.25) is 0 Å². The summed E-state index contributed by atoms with van der Waals surface area (Å²) in [5.74, 6) is -2.18. The van der Waals surface area contributed by atoms with Gasteiger partial charge in [-0.15, -0.1) is 0 Å². The first kappa shape index (κ1) is 23.5. The van der Waals surface area contributed by atoms with Crippen LogP contribution in [-0.4, -0.2) is 49.0 Å². The van der Waals surface area contributed by atoms with Crippen LogP contribution in [0.15, 0.2) is 42.5 Å². The SMILES string of the molecule is CCNC(=O)NC(=O)C(C)OC(=O)c1ccc2c(c1)C(=O)N(c1ccc(OCC)cc1)C2=O. The Morgan fingerprint density at radius 1 is 0.970 bits per heavy atom. The van der Waals surface area contributed by atoms with E-state index in [2.05, 4.69) is 5.32 Å². The van der Waals surface area contributed by atoms with Gasteiger partial charge in [0.15, 0.2) is 6.10 Å². The van der Waals surface area contributed by atoms with E-state index in [-0.39, 0.29) is 16.7 Å². The minimum absolute atomic E-state index is 0.0129. The lowest BCUT2D eigenvalue weighted by atomic mass is 10.1. The molecule has 3 rings (SSSR count). The van der Waals surface area contributed by atoms with Crippen molar-refractivity contribution >= 4 is 35.4 Å². The molecule has 172 valence electrons. The Kier molecular flexibility index (Phi) is 7.07. The molecule has 33 heavy (non-hydrogen) atoms. The molecule has 0 aromatic heterocycles. The predicted molar refractivity (Wildman–Crippen MR) is 117 cm³/mol. The first-order valence-corrected chi connectivity index (χ1v) is 10.3. The van der Waals surface area contributed by atoms with Crippen LogP contribution < -0.4 is 20.3 Å². The molecule has 1 unspecified atom stereocenters. The van der Waals surface area contributed by atoms with Crippen molar-refractivity contribution < 1.29 is 33.4 Å². The van der Waals surface area contributed by atoms with E-state index >= 15 is 0 Å². The predicted octanol–water partition coefficient (Wildman–Crippen LogP) is 2.28. The second-order valence-corrected chi connectivity index (χ2v) is 7.03. The van der Waals surface area contributed by atoms with Crippen molar-refractivity contribution in [1.82, 2.24) is 10.6 Å². The van der Waals surface area contributed by atoms with Crippen LogP contribution in [0.4, 0.5) is 10.5 Å². The molecule has 0 spiro atoms. The average molecular weight is 453 g/mol. The summed E-state index contributed by atoms with van der Waals surface area (Å²) < 4.78 is 10.5. The van der Waals surface area contributed by atoms with Crippen LogP contribution in [0.5, 0.6) is 5.75 Å². The highest BCUT2D eigenvalue weighted by Gasteiger charge is 2.37. The first-order valence-electron chi connectivity index (χ1n) is 10.3. The highest BCUT2D eigenvalue weighted by atomic mass is 16.5. The minimum Gasteiger partial charge on any atom is -0.494 e. The normalized spacial score (nSPS) is 13.2. The van der Waals surface area contributed by atoms with Gasteiger partial charge in [-0.3, -0.25) is 19.7 Å². The fourth-order valence-corrected chi connectivity index (χ4v) is 3.16. The van der Waals surface area contributed by atoms with Crippen molar-refractivity contribution in [2.45, 2.75) is 26.9 Å². The zero-order valence-electron chi connectivity index (χ0n) is 18.3. The summed E-state index contributed by atoms with van der Waals surface area (Å²) in [6.45, 7) is 5.64. The van der Waals surface area contributed by atoms with E-state index in [1.165, 1.54) is 25.1 Å². The van der Waals surface area contributed by atoms with Gasteiger partial charge in [-0.25, -0.2) is 14.5 Å². The monoisotopic (exact) mass is 453 g/mol. The smallest absolute Gasteiger partial charge is 0.338 e. The van der Waals surface area contributed by atoms with Crippen molar-refractivity contribution in [3.63, 3.8) is 0 Å². The van der Waals surface area contributed by atoms with Crippen molar-refractivity contribution in [2.24, 2.45) is 0 Å². The molecule has 0 radical (unpaired) electrons. The number of hydrogen-bond donors (Lipinski definition) is 2. The Labute approximate surface area is 189 Å². The lowest BCUT2D eigenvalue weighted by Crippen LogP contribution is -2.44. The van der Waals surface area contributed by atoms with Crippen LogP contribution in [0, 0.1) is 0 Å². The van der Waals surface area contributed by atoms with Gasteiger partial charge in [0, 0.05) is 6.54 Å². The second kappa shape index (κ2) is 9.94. The van der Waals surface area contributed by atoms with E-state index in [1.807, 2.05) is 12.2 Å². The molecular formula is C23H23N3O7. The van der Waals surface area contributed by atoms with Crippen LogP contribution in [0.1, 0.15) is 51.8 Å². The molecule has 2 aromatic rings. The maximum atomic E-state index is 12.9. The van der Waals surface area contributed by atoms with E-state index in [0.29, 0.717) is 24.6 Å². The Morgan fingerprint density at radius 2 is 1.64 bits per heavy atom. The number of imide groups is 2. The lowest BCUT2D eigenvalue weighted by molar-refractivity contribution is -0.127. The molecule has 5 amide bonds. The van der Waals surface area contributed by atoms with E-state index in [9.17, 15) is 24.0 Å². The number of carbonyl (C=O) groups is 5. The molecule has 1 aliphatic rings. The molecule has 2 N–H and O–H groups in total. The fraction of sp³-hybridized carbons (Fsp3) is 0.261. The van der Waals surface area contributed by atoms with E-state index < -0.39 is 35.8 Å². The third kappa shape index (κ3) is 5.00. The first-order chi connectivity index (χ1) is 15.8. The fourth-order valence-electron chi connectivity index (χ4n) is 3.16. The second-order valence-electron chi connectivity index (χ2n) is 7.03. The third-order valence-electron chi connectivity index (χ3n) is 4.76. The topological polar surface area (TPSA) is 131 Å². The number of esters is 1. The summed E-state index contributed by atoms with van der Waals surface area (Å²) in [5.41, 5.74) is 0.542. The van der Waals surface area contributed by atoms with Gasteiger partial charge in [0.25, 0.3) is 17.7 Å². The third-order valence-corrected chi connectivity index (χ3v) is 4.76. The minimum atomic E-state index is -1.26. The van der Waals surface area contributed by atoms with Gasteiger partial charge in [-0.05, 0) is 63.2 Å². The molecule has 2 aromatic carbocycles. The number of anilines is 1. The summed E-state index contributed by atoms with van der Waals surface area (Å²) in [4.78, 5) is 62.6. The van der Waals surface area contributed by atoms with Crippen molar-refractivity contribution in [3.05, 3.63) is 59.2 Å². The van der Waals surface area contributed by atoms with E-state index in [4.69, 9.17) is 9.47 Å². The molecule has 0 saturated carbocycles. The number of urea groups is 1. The Hall–Kier alpha value is -4.21. The molecule has 0 bridgehead atoms. The summed E-state index contributed by atoms with van der Waals surface area (Å²) >= 11 is 0. The Balaban J connectivity index is 1.74. The molecule has 1 heterocycles. The summed E-state index contributed by atoms with van der Waals surface area (Å²) in [5, 5.41) is 4.44. The summed E-state index contributed by atoms with van der Waals surface area (Å²) in [6, 6.07) is 9.73. The van der Waals surface area contributed by atoms with Crippen LogP contribution >= 0.6 is 0 Å². The van der Waals surface area contributed by atoms with Gasteiger partial charge >= 0.3 is 12.0 Å². The average Bonchev–Trinajstić information content (AvgIpc) is 3.04. The summed E-state index contributed by atoms with van der Waals surface area (Å²) in [6.07, 6.45) is -1.26. The van der Waals surface area contributed by atoms with Crippen LogP contribution in [0.3, 0.4) is 0 Å². The van der Waals surface area contributed by atoms with Crippen molar-refractivity contribution in [2.75, 3.05) is 18.1 Å². The van der Waals surface area contributed by atoms with Crippen molar-refractivity contribution in [1.29, 1.82) is 0 Å². The number of benzene rings is 2. The largest absolute Gasteiger partial charge is 0.494 e. The molecular weight excluding hydrogens is 430 g/mol. The maximum absolute atomic E-state index is 12.9. The molecule has 0 aliphatic carbocycles. The molecule has 0 saturated heterocycles. The molecule has 1 aliphatic heterocycles. The molecule has 10 heteroatoms. The Bertz CT molecular complexity index is 1110. The maximum Gasteiger partial charge on any atom is 0.338 e. The Morgan fingerprint density at radius 3 is 2.27 bits per heavy atom. The van der Waals surface area contributed by atoms with E-state index in [0.717, 1.165) is 4.90 Å². The van der Waals surface area contributed by atoms with Gasteiger partial charge in [0.1, 0.15) is 5.75 Å². The zero-order valence-corrected chi connectivity index (χ0v) is 18.3. The summed E-state index contributed by atoms with van der Waals surface area (Å²) in [7, 11) is 0. The van der Waals surface area contributed by atoms with E-state index in [1.54, 1.807) is 31.2 Å². The van der Waals surface area contributed by atoms with Gasteiger partial charge < -0.3 is 14.8 Å². The number of carbonyl (C=O) groups excluding carboxylic acids is 5. The van der Waals surface area contributed by atoms with Crippen LogP contribution in [0.25, 0.3) is 0 Å². The number of amides is 5. The van der Waals surface area contributed by atoms with Crippen molar-refractivity contribution in [3.8, 4) is 5.75 Å². The zero-order chi connectivity index (χ0) is 24.1. The quantitative estimate of drug-likeness (QED) is 0.486. The van der Waals surface area contributed by atoms with Gasteiger partial charge in [-0.2, -0.15) is 0 Å².